The lowest BCUT2D eigenvalue weighted by molar-refractivity contribution is 0.437. The molecule has 0 spiro atoms. The van der Waals surface area contributed by atoms with Crippen molar-refractivity contribution < 1.29 is 0 Å². The minimum Gasteiger partial charge on any atom is -0.330 e. The molecule has 1 aromatic carbocycles. The Kier molecular flexibility index (Phi) is 7.61. The summed E-state index contributed by atoms with van der Waals surface area (Å²) >= 11 is 0. The summed E-state index contributed by atoms with van der Waals surface area (Å²) in [6.45, 7) is 7.20. The third-order valence-corrected chi connectivity index (χ3v) is 5.21. The second-order valence-electron chi connectivity index (χ2n) is 6.80. The Bertz CT molecular complexity index is 500. The molecule has 1 aromatic rings. The van der Waals surface area contributed by atoms with Gasteiger partial charge in [0.1, 0.15) is 0 Å². The van der Waals surface area contributed by atoms with Gasteiger partial charge in [0.15, 0.2) is 0 Å². The molecule has 126 valence electrons. The molecule has 1 aliphatic carbocycles. The van der Waals surface area contributed by atoms with Crippen LogP contribution in [0.5, 0.6) is 0 Å². The molecule has 2 atom stereocenters. The lowest BCUT2D eigenvalue weighted by atomic mass is 9.72. The summed E-state index contributed by atoms with van der Waals surface area (Å²) in [6.07, 6.45) is 12.2. The van der Waals surface area contributed by atoms with Crippen LogP contribution >= 0.6 is 0 Å². The maximum atomic E-state index is 5.96. The molecule has 0 fully saturated rings. The Balaban J connectivity index is 2.37. The SMILES string of the molecule is C=CC1CCCC(c2ccccc2)=C1C(CCN)CCCCC. The van der Waals surface area contributed by atoms with Crippen molar-refractivity contribution in [3.63, 3.8) is 0 Å². The largest absolute Gasteiger partial charge is 0.330 e. The van der Waals surface area contributed by atoms with Crippen molar-refractivity contribution in [3.8, 4) is 0 Å². The highest BCUT2D eigenvalue weighted by atomic mass is 14.5. The van der Waals surface area contributed by atoms with Crippen LogP contribution in [0.4, 0.5) is 0 Å². The second kappa shape index (κ2) is 9.72. The standard InChI is InChI=1S/C22H33N/c1-3-5-7-13-20(16-17-23)22-18(4-2)14-10-15-21(22)19-11-8-6-9-12-19/h4,6,8-9,11-12,18,20H,2-3,5,7,10,13-17,23H2,1H3. The predicted octanol–water partition coefficient (Wildman–Crippen LogP) is 5.97. The monoisotopic (exact) mass is 311 g/mol. The zero-order valence-corrected chi connectivity index (χ0v) is 14.8. The number of rotatable bonds is 9. The van der Waals surface area contributed by atoms with E-state index in [1.165, 1.54) is 50.5 Å². The van der Waals surface area contributed by atoms with E-state index in [0.29, 0.717) is 11.8 Å². The lowest BCUT2D eigenvalue weighted by Gasteiger charge is -2.33. The third-order valence-electron chi connectivity index (χ3n) is 5.21. The first-order valence-electron chi connectivity index (χ1n) is 9.42. The molecule has 2 unspecified atom stereocenters. The Morgan fingerprint density at radius 2 is 2.00 bits per heavy atom. The van der Waals surface area contributed by atoms with E-state index >= 15 is 0 Å². The number of hydrogen-bond donors (Lipinski definition) is 1. The molecule has 0 aliphatic heterocycles. The summed E-state index contributed by atoms with van der Waals surface area (Å²) in [5.41, 5.74) is 10.6. The van der Waals surface area contributed by atoms with Crippen LogP contribution < -0.4 is 5.73 Å². The molecule has 0 radical (unpaired) electrons. The van der Waals surface area contributed by atoms with Crippen molar-refractivity contribution in [2.45, 2.75) is 58.3 Å². The smallest absolute Gasteiger partial charge is 0.00170 e. The highest BCUT2D eigenvalue weighted by Gasteiger charge is 2.27. The summed E-state index contributed by atoms with van der Waals surface area (Å²) in [7, 11) is 0. The van der Waals surface area contributed by atoms with Crippen molar-refractivity contribution in [2.24, 2.45) is 17.6 Å². The van der Waals surface area contributed by atoms with E-state index < -0.39 is 0 Å². The van der Waals surface area contributed by atoms with E-state index in [4.69, 9.17) is 5.73 Å². The normalized spacial score (nSPS) is 19.7. The van der Waals surface area contributed by atoms with Gasteiger partial charge in [-0.05, 0) is 61.6 Å². The quantitative estimate of drug-likeness (QED) is 0.441. The minimum absolute atomic E-state index is 0.539. The molecular weight excluding hydrogens is 278 g/mol. The first kappa shape index (κ1) is 18.0. The maximum Gasteiger partial charge on any atom is -0.00170 e. The average molecular weight is 312 g/mol. The van der Waals surface area contributed by atoms with E-state index in [2.05, 4.69) is 49.9 Å². The van der Waals surface area contributed by atoms with Gasteiger partial charge >= 0.3 is 0 Å². The summed E-state index contributed by atoms with van der Waals surface area (Å²) in [5.74, 6) is 1.17. The number of hydrogen-bond acceptors (Lipinski definition) is 1. The molecule has 0 saturated heterocycles. The van der Waals surface area contributed by atoms with Gasteiger partial charge in [-0.3, -0.25) is 0 Å². The van der Waals surface area contributed by atoms with Crippen LogP contribution in [-0.4, -0.2) is 6.54 Å². The van der Waals surface area contributed by atoms with Gasteiger partial charge in [0, 0.05) is 0 Å². The van der Waals surface area contributed by atoms with Crippen molar-refractivity contribution in [3.05, 3.63) is 54.1 Å². The molecule has 23 heavy (non-hydrogen) atoms. The van der Waals surface area contributed by atoms with E-state index in [-0.39, 0.29) is 0 Å². The second-order valence-corrected chi connectivity index (χ2v) is 6.80. The Morgan fingerprint density at radius 1 is 1.22 bits per heavy atom. The van der Waals surface area contributed by atoms with Crippen LogP contribution in [0.25, 0.3) is 5.57 Å². The van der Waals surface area contributed by atoms with Gasteiger partial charge in [-0.25, -0.2) is 0 Å². The van der Waals surface area contributed by atoms with Crippen molar-refractivity contribution >= 4 is 5.57 Å². The highest BCUT2D eigenvalue weighted by molar-refractivity contribution is 5.70. The zero-order valence-electron chi connectivity index (χ0n) is 14.8. The van der Waals surface area contributed by atoms with E-state index in [1.807, 2.05) is 0 Å². The number of benzene rings is 1. The summed E-state index contributed by atoms with van der Waals surface area (Å²) < 4.78 is 0. The van der Waals surface area contributed by atoms with Gasteiger partial charge in [-0.15, -0.1) is 6.58 Å². The fraction of sp³-hybridized carbons (Fsp3) is 0.545. The van der Waals surface area contributed by atoms with Crippen LogP contribution in [0.2, 0.25) is 0 Å². The van der Waals surface area contributed by atoms with Gasteiger partial charge in [0.05, 0.1) is 0 Å². The molecule has 0 aromatic heterocycles. The zero-order chi connectivity index (χ0) is 16.5. The van der Waals surface area contributed by atoms with E-state index in [1.54, 1.807) is 11.1 Å². The van der Waals surface area contributed by atoms with E-state index in [0.717, 1.165) is 13.0 Å². The van der Waals surface area contributed by atoms with Gasteiger partial charge in [-0.2, -0.15) is 0 Å². The van der Waals surface area contributed by atoms with Crippen molar-refractivity contribution in [1.29, 1.82) is 0 Å². The number of allylic oxidation sites excluding steroid dienone is 3. The number of nitrogens with two attached hydrogens (primary N) is 1. The molecular formula is C22H33N. The fourth-order valence-electron chi connectivity index (χ4n) is 4.06. The Morgan fingerprint density at radius 3 is 2.65 bits per heavy atom. The lowest BCUT2D eigenvalue weighted by Crippen LogP contribution is -2.20. The third kappa shape index (κ3) is 4.81. The van der Waals surface area contributed by atoms with Gasteiger partial charge < -0.3 is 5.73 Å². The van der Waals surface area contributed by atoms with Gasteiger partial charge in [-0.1, -0.05) is 68.2 Å². The summed E-state index contributed by atoms with van der Waals surface area (Å²) in [5, 5.41) is 0. The summed E-state index contributed by atoms with van der Waals surface area (Å²) in [6, 6.07) is 11.0. The summed E-state index contributed by atoms with van der Waals surface area (Å²) in [4.78, 5) is 0. The molecule has 1 heteroatoms. The van der Waals surface area contributed by atoms with Crippen molar-refractivity contribution in [1.82, 2.24) is 0 Å². The number of unbranched alkanes of at least 4 members (excludes halogenated alkanes) is 2. The van der Waals surface area contributed by atoms with Gasteiger partial charge in [0.25, 0.3) is 0 Å². The minimum atomic E-state index is 0.539. The highest BCUT2D eigenvalue weighted by Crippen LogP contribution is 2.42. The molecule has 0 bridgehead atoms. The maximum absolute atomic E-state index is 5.96. The molecule has 1 aliphatic rings. The van der Waals surface area contributed by atoms with E-state index in [9.17, 15) is 0 Å². The molecule has 1 nitrogen and oxygen atoms in total. The predicted molar refractivity (Wildman–Crippen MR) is 102 cm³/mol. The molecule has 0 saturated carbocycles. The Labute approximate surface area is 142 Å². The fourth-order valence-corrected chi connectivity index (χ4v) is 4.06. The van der Waals surface area contributed by atoms with Crippen LogP contribution in [0.3, 0.4) is 0 Å². The molecule has 0 amide bonds. The first-order valence-corrected chi connectivity index (χ1v) is 9.42. The molecule has 2 rings (SSSR count). The van der Waals surface area contributed by atoms with Gasteiger partial charge in [0.2, 0.25) is 0 Å². The van der Waals surface area contributed by atoms with Crippen LogP contribution in [0.1, 0.15) is 63.9 Å². The van der Waals surface area contributed by atoms with Crippen LogP contribution in [0.15, 0.2) is 48.6 Å². The average Bonchev–Trinajstić information content (AvgIpc) is 2.61. The van der Waals surface area contributed by atoms with Crippen LogP contribution in [0, 0.1) is 11.8 Å². The Hall–Kier alpha value is -1.34. The van der Waals surface area contributed by atoms with Crippen LogP contribution in [-0.2, 0) is 0 Å². The topological polar surface area (TPSA) is 26.0 Å². The molecule has 0 heterocycles. The van der Waals surface area contributed by atoms with Crippen molar-refractivity contribution in [2.75, 3.05) is 6.54 Å². The first-order chi connectivity index (χ1) is 11.3. The molecule has 2 N–H and O–H groups in total.